The number of benzene rings is 2. The van der Waals surface area contributed by atoms with Crippen LogP contribution >= 0.6 is 0 Å². The predicted molar refractivity (Wildman–Crippen MR) is 108 cm³/mol. The van der Waals surface area contributed by atoms with E-state index in [0.717, 1.165) is 24.3 Å². The van der Waals surface area contributed by atoms with Crippen molar-refractivity contribution in [2.24, 2.45) is 0 Å². The van der Waals surface area contributed by atoms with Gasteiger partial charge in [0, 0.05) is 25.3 Å². The smallest absolute Gasteiger partial charge is 0.338 e. The lowest BCUT2D eigenvalue weighted by atomic mass is 10.0. The Labute approximate surface area is 161 Å². The third-order valence-corrected chi connectivity index (χ3v) is 4.54. The fraction of sp³-hybridized carbons (Fsp3) is 0.364. The molecule has 5 nitrogen and oxygen atoms in total. The van der Waals surface area contributed by atoms with Gasteiger partial charge in [-0.3, -0.25) is 4.79 Å². The molecular formula is C22H28N2O3. The minimum atomic E-state index is -0.493. The van der Waals surface area contributed by atoms with Crippen molar-refractivity contribution in [3.8, 4) is 0 Å². The van der Waals surface area contributed by atoms with Crippen LogP contribution in [0.4, 0.5) is 5.69 Å². The van der Waals surface area contributed by atoms with Crippen LogP contribution in [0.5, 0.6) is 0 Å². The summed E-state index contributed by atoms with van der Waals surface area (Å²) in [6, 6.07) is 17.2. The summed E-state index contributed by atoms with van der Waals surface area (Å²) in [5.41, 5.74) is 2.66. The number of carbonyl (C=O) groups excluding carboxylic acids is 2. The molecule has 2 aromatic rings. The first kappa shape index (κ1) is 20.5. The summed E-state index contributed by atoms with van der Waals surface area (Å²) in [4.78, 5) is 26.2. The largest absolute Gasteiger partial charge is 0.452 e. The van der Waals surface area contributed by atoms with Crippen molar-refractivity contribution in [1.29, 1.82) is 0 Å². The molecule has 0 saturated heterocycles. The normalized spacial score (nSPS) is 11.5. The molecule has 2 aromatic carbocycles. The van der Waals surface area contributed by atoms with Crippen molar-refractivity contribution in [2.75, 3.05) is 31.1 Å². The van der Waals surface area contributed by atoms with Crippen LogP contribution < -0.4 is 10.2 Å². The van der Waals surface area contributed by atoms with Crippen LogP contribution in [0, 0.1) is 0 Å². The molecule has 0 aliphatic carbocycles. The van der Waals surface area contributed by atoms with Gasteiger partial charge < -0.3 is 15.0 Å². The molecule has 0 radical (unpaired) electrons. The zero-order valence-corrected chi connectivity index (χ0v) is 16.3. The van der Waals surface area contributed by atoms with Crippen LogP contribution in [0.1, 0.15) is 42.6 Å². The molecular weight excluding hydrogens is 340 g/mol. The van der Waals surface area contributed by atoms with Gasteiger partial charge in [0.2, 0.25) is 0 Å². The predicted octanol–water partition coefficient (Wildman–Crippen LogP) is 3.61. The first-order valence-corrected chi connectivity index (χ1v) is 9.38. The summed E-state index contributed by atoms with van der Waals surface area (Å²) in [6.07, 6.45) is 0. The quantitative estimate of drug-likeness (QED) is 0.687. The Morgan fingerprint density at radius 1 is 1.00 bits per heavy atom. The molecule has 1 N–H and O–H groups in total. The monoisotopic (exact) mass is 368 g/mol. The van der Waals surface area contributed by atoms with Gasteiger partial charge in [-0.15, -0.1) is 0 Å². The van der Waals surface area contributed by atoms with Gasteiger partial charge in [-0.05, 0) is 49.6 Å². The Hall–Kier alpha value is -2.82. The number of esters is 1. The first-order chi connectivity index (χ1) is 13.0. The van der Waals surface area contributed by atoms with E-state index < -0.39 is 5.97 Å². The fourth-order valence-electron chi connectivity index (χ4n) is 2.83. The van der Waals surface area contributed by atoms with Crippen molar-refractivity contribution < 1.29 is 14.3 Å². The van der Waals surface area contributed by atoms with Gasteiger partial charge in [-0.25, -0.2) is 4.79 Å². The van der Waals surface area contributed by atoms with E-state index in [1.54, 1.807) is 12.1 Å². The fourth-order valence-corrected chi connectivity index (χ4v) is 2.83. The van der Waals surface area contributed by atoms with Gasteiger partial charge in [0.1, 0.15) is 0 Å². The molecule has 5 heteroatoms. The third kappa shape index (κ3) is 6.13. The maximum Gasteiger partial charge on any atom is 0.338 e. The Morgan fingerprint density at radius 2 is 1.63 bits per heavy atom. The van der Waals surface area contributed by atoms with Crippen LogP contribution in [0.2, 0.25) is 0 Å². The highest BCUT2D eigenvalue weighted by molar-refractivity contribution is 5.91. The maximum atomic E-state index is 12.1. The van der Waals surface area contributed by atoms with Crippen molar-refractivity contribution in [3.63, 3.8) is 0 Å². The van der Waals surface area contributed by atoms with Crippen LogP contribution in [0.25, 0.3) is 0 Å². The number of carbonyl (C=O) groups is 2. The molecule has 1 amide bonds. The standard InChI is InChI=1S/C22H28N2O3/c1-4-24(5-2)20-13-11-19(12-14-20)22(26)27-16-21(25)23-15-17(3)18-9-7-6-8-10-18/h6-14,17H,4-5,15-16H2,1-3H3,(H,23,25)/t17-/m1/s1. The SMILES string of the molecule is CCN(CC)c1ccc(C(=O)OCC(=O)NC[C@@H](C)c2ccccc2)cc1. The highest BCUT2D eigenvalue weighted by Crippen LogP contribution is 2.15. The number of hydrogen-bond donors (Lipinski definition) is 1. The van der Waals surface area contributed by atoms with E-state index in [9.17, 15) is 9.59 Å². The number of amides is 1. The molecule has 0 heterocycles. The highest BCUT2D eigenvalue weighted by atomic mass is 16.5. The summed E-state index contributed by atoms with van der Waals surface area (Å²) in [7, 11) is 0. The minimum Gasteiger partial charge on any atom is -0.452 e. The minimum absolute atomic E-state index is 0.193. The van der Waals surface area contributed by atoms with Crippen LogP contribution in [-0.4, -0.2) is 38.1 Å². The lowest BCUT2D eigenvalue weighted by Crippen LogP contribution is -2.31. The van der Waals surface area contributed by atoms with Crippen LogP contribution in [0.15, 0.2) is 54.6 Å². The highest BCUT2D eigenvalue weighted by Gasteiger charge is 2.12. The molecule has 0 spiro atoms. The summed E-state index contributed by atoms with van der Waals surface area (Å²) in [6.45, 7) is 8.24. The van der Waals surface area contributed by atoms with E-state index in [1.165, 1.54) is 0 Å². The average Bonchev–Trinajstić information content (AvgIpc) is 2.72. The van der Waals surface area contributed by atoms with Gasteiger partial charge in [-0.2, -0.15) is 0 Å². The Bertz CT molecular complexity index is 725. The molecule has 0 aliphatic heterocycles. The second kappa shape index (κ2) is 10.4. The second-order valence-electron chi connectivity index (χ2n) is 6.41. The van der Waals surface area contributed by atoms with Crippen LogP contribution in [0.3, 0.4) is 0 Å². The van der Waals surface area contributed by atoms with Gasteiger partial charge in [0.05, 0.1) is 5.56 Å². The summed E-state index contributed by atoms with van der Waals surface area (Å²) < 4.78 is 5.12. The van der Waals surface area contributed by atoms with Crippen molar-refractivity contribution in [2.45, 2.75) is 26.7 Å². The number of anilines is 1. The summed E-state index contributed by atoms with van der Waals surface area (Å²) >= 11 is 0. The van der Waals surface area contributed by atoms with E-state index in [1.807, 2.05) is 49.4 Å². The zero-order chi connectivity index (χ0) is 19.6. The lowest BCUT2D eigenvalue weighted by Gasteiger charge is -2.20. The second-order valence-corrected chi connectivity index (χ2v) is 6.41. The Morgan fingerprint density at radius 3 is 2.22 bits per heavy atom. The van der Waals surface area contributed by atoms with E-state index in [4.69, 9.17) is 4.74 Å². The topological polar surface area (TPSA) is 58.6 Å². The van der Waals surface area contributed by atoms with E-state index in [-0.39, 0.29) is 18.4 Å². The molecule has 27 heavy (non-hydrogen) atoms. The number of nitrogens with one attached hydrogen (secondary N) is 1. The number of rotatable bonds is 9. The molecule has 1 atom stereocenters. The van der Waals surface area contributed by atoms with E-state index in [2.05, 4.69) is 24.1 Å². The maximum absolute atomic E-state index is 12.1. The lowest BCUT2D eigenvalue weighted by molar-refractivity contribution is -0.124. The van der Waals surface area contributed by atoms with Crippen LogP contribution in [-0.2, 0) is 9.53 Å². The van der Waals surface area contributed by atoms with Crippen molar-refractivity contribution in [1.82, 2.24) is 5.32 Å². The first-order valence-electron chi connectivity index (χ1n) is 9.38. The molecule has 0 saturated carbocycles. The zero-order valence-electron chi connectivity index (χ0n) is 16.3. The molecule has 2 rings (SSSR count). The Balaban J connectivity index is 1.78. The average molecular weight is 368 g/mol. The van der Waals surface area contributed by atoms with Gasteiger partial charge in [0.15, 0.2) is 6.61 Å². The summed E-state index contributed by atoms with van der Waals surface area (Å²) in [5, 5.41) is 2.80. The van der Waals surface area contributed by atoms with E-state index >= 15 is 0 Å². The molecule has 0 bridgehead atoms. The number of hydrogen-bond acceptors (Lipinski definition) is 4. The molecule has 0 aliphatic rings. The number of nitrogens with zero attached hydrogens (tertiary/aromatic N) is 1. The van der Waals surface area contributed by atoms with Gasteiger partial charge in [-0.1, -0.05) is 37.3 Å². The third-order valence-electron chi connectivity index (χ3n) is 4.54. The molecule has 144 valence electrons. The summed E-state index contributed by atoms with van der Waals surface area (Å²) in [5.74, 6) is -0.600. The molecule has 0 fully saturated rings. The van der Waals surface area contributed by atoms with Gasteiger partial charge in [0.25, 0.3) is 5.91 Å². The number of ether oxygens (including phenoxy) is 1. The molecule has 0 unspecified atom stereocenters. The van der Waals surface area contributed by atoms with Crippen molar-refractivity contribution >= 4 is 17.6 Å². The molecule has 0 aromatic heterocycles. The Kier molecular flexibility index (Phi) is 7.86. The van der Waals surface area contributed by atoms with E-state index in [0.29, 0.717) is 12.1 Å². The van der Waals surface area contributed by atoms with Crippen molar-refractivity contribution in [3.05, 3.63) is 65.7 Å². The van der Waals surface area contributed by atoms with Gasteiger partial charge >= 0.3 is 5.97 Å².